The smallest absolute Gasteiger partial charge is 0.123 e. The summed E-state index contributed by atoms with van der Waals surface area (Å²) < 4.78 is 23.5. The Morgan fingerprint density at radius 3 is 2.74 bits per heavy atom. The van der Waals surface area contributed by atoms with Crippen molar-refractivity contribution in [3.63, 3.8) is 0 Å². The molecule has 2 aromatic rings. The number of benzene rings is 1. The van der Waals surface area contributed by atoms with Crippen LogP contribution in [0.2, 0.25) is 0 Å². The van der Waals surface area contributed by atoms with Crippen LogP contribution in [0.15, 0.2) is 47.1 Å². The second-order valence-corrected chi connectivity index (χ2v) is 4.58. The Hall–Kier alpha value is -1.81. The topological polar surface area (TPSA) is 34.4 Å². The number of ether oxygens (including phenoxy) is 1. The molecule has 3 nitrogen and oxygen atoms in total. The lowest BCUT2D eigenvalue weighted by atomic mass is 10.2. The minimum Gasteiger partial charge on any atom is -0.493 e. The second-order valence-electron chi connectivity index (χ2n) is 4.58. The van der Waals surface area contributed by atoms with Crippen molar-refractivity contribution in [1.82, 2.24) is 5.32 Å². The lowest BCUT2D eigenvalue weighted by Gasteiger charge is -2.13. The summed E-state index contributed by atoms with van der Waals surface area (Å²) in [5.74, 6) is 1.73. The first-order chi connectivity index (χ1) is 9.24. The van der Waals surface area contributed by atoms with Crippen molar-refractivity contribution in [3.05, 3.63) is 54.2 Å². The van der Waals surface area contributed by atoms with Crippen LogP contribution in [0.1, 0.15) is 12.7 Å². The van der Waals surface area contributed by atoms with E-state index in [1.54, 1.807) is 18.4 Å². The summed E-state index contributed by atoms with van der Waals surface area (Å²) >= 11 is 0. The standard InChI is InChI=1S/C15H18FNO2/c1-12(9-17-10-15-3-2-8-18-15)11-19-14-6-4-13(16)5-7-14/h2-8,12,17H,9-11H2,1H3/t12-/m0/s1. The highest BCUT2D eigenvalue weighted by Crippen LogP contribution is 2.12. The zero-order chi connectivity index (χ0) is 13.5. The van der Waals surface area contributed by atoms with Gasteiger partial charge in [0.15, 0.2) is 0 Å². The summed E-state index contributed by atoms with van der Waals surface area (Å²) in [6.45, 7) is 4.24. The lowest BCUT2D eigenvalue weighted by Crippen LogP contribution is -2.24. The first-order valence-electron chi connectivity index (χ1n) is 6.35. The maximum absolute atomic E-state index is 12.7. The number of hydrogen-bond donors (Lipinski definition) is 1. The molecule has 1 aromatic heterocycles. The van der Waals surface area contributed by atoms with Gasteiger partial charge in [0.25, 0.3) is 0 Å². The molecular weight excluding hydrogens is 245 g/mol. The fraction of sp³-hybridized carbons (Fsp3) is 0.333. The van der Waals surface area contributed by atoms with Crippen molar-refractivity contribution >= 4 is 0 Å². The number of nitrogens with one attached hydrogen (secondary N) is 1. The molecule has 4 heteroatoms. The number of furan rings is 1. The maximum Gasteiger partial charge on any atom is 0.123 e. The fourth-order valence-electron chi connectivity index (χ4n) is 1.68. The van der Waals surface area contributed by atoms with Crippen molar-refractivity contribution in [2.75, 3.05) is 13.2 Å². The van der Waals surface area contributed by atoms with Gasteiger partial charge < -0.3 is 14.5 Å². The van der Waals surface area contributed by atoms with Crippen LogP contribution >= 0.6 is 0 Å². The zero-order valence-electron chi connectivity index (χ0n) is 10.9. The Balaban J connectivity index is 1.64. The molecule has 0 fully saturated rings. The predicted molar refractivity (Wildman–Crippen MR) is 71.5 cm³/mol. The van der Waals surface area contributed by atoms with E-state index < -0.39 is 0 Å². The van der Waals surface area contributed by atoms with Crippen LogP contribution in [0.25, 0.3) is 0 Å². The van der Waals surface area contributed by atoms with Gasteiger partial charge in [-0.25, -0.2) is 4.39 Å². The predicted octanol–water partition coefficient (Wildman–Crippen LogP) is 3.22. The Bertz CT molecular complexity index is 467. The van der Waals surface area contributed by atoms with Crippen LogP contribution in [0.4, 0.5) is 4.39 Å². The summed E-state index contributed by atoms with van der Waals surface area (Å²) in [7, 11) is 0. The molecule has 1 N–H and O–H groups in total. The highest BCUT2D eigenvalue weighted by molar-refractivity contribution is 5.21. The number of hydrogen-bond acceptors (Lipinski definition) is 3. The third-order valence-corrected chi connectivity index (χ3v) is 2.72. The van der Waals surface area contributed by atoms with Crippen molar-refractivity contribution in [2.24, 2.45) is 5.92 Å². The van der Waals surface area contributed by atoms with Gasteiger partial charge in [0.05, 0.1) is 19.4 Å². The maximum atomic E-state index is 12.7. The molecular formula is C15H18FNO2. The van der Waals surface area contributed by atoms with Crippen molar-refractivity contribution in [2.45, 2.75) is 13.5 Å². The average Bonchev–Trinajstić information content (AvgIpc) is 2.91. The molecule has 2 rings (SSSR count). The van der Waals surface area contributed by atoms with Crippen molar-refractivity contribution in [3.8, 4) is 5.75 Å². The van der Waals surface area contributed by atoms with E-state index in [1.165, 1.54) is 12.1 Å². The molecule has 1 heterocycles. The van der Waals surface area contributed by atoms with E-state index in [1.807, 2.05) is 12.1 Å². The summed E-state index contributed by atoms with van der Waals surface area (Å²) in [6.07, 6.45) is 1.66. The second kappa shape index (κ2) is 6.95. The first-order valence-corrected chi connectivity index (χ1v) is 6.35. The van der Waals surface area contributed by atoms with E-state index in [0.717, 1.165) is 12.3 Å². The molecule has 0 spiro atoms. The van der Waals surface area contributed by atoms with Crippen LogP contribution in [0, 0.1) is 11.7 Å². The molecule has 1 atom stereocenters. The third kappa shape index (κ3) is 4.75. The van der Waals surface area contributed by atoms with Gasteiger partial charge in [-0.2, -0.15) is 0 Å². The molecule has 0 amide bonds. The van der Waals surface area contributed by atoms with Gasteiger partial charge in [-0.15, -0.1) is 0 Å². The Labute approximate surface area is 112 Å². The molecule has 0 aliphatic heterocycles. The van der Waals surface area contributed by atoms with Gasteiger partial charge in [-0.3, -0.25) is 0 Å². The summed E-state index contributed by atoms with van der Waals surface area (Å²) in [5, 5.41) is 3.30. The largest absolute Gasteiger partial charge is 0.493 e. The van der Waals surface area contributed by atoms with Crippen molar-refractivity contribution in [1.29, 1.82) is 0 Å². The Kier molecular flexibility index (Phi) is 4.98. The summed E-state index contributed by atoms with van der Waals surface area (Å²) in [4.78, 5) is 0. The molecule has 1 aromatic carbocycles. The summed E-state index contributed by atoms with van der Waals surface area (Å²) in [5.41, 5.74) is 0. The zero-order valence-corrected chi connectivity index (χ0v) is 10.9. The van der Waals surface area contributed by atoms with Gasteiger partial charge >= 0.3 is 0 Å². The van der Waals surface area contributed by atoms with Crippen LogP contribution < -0.4 is 10.1 Å². The SMILES string of the molecule is C[C@@H](CNCc1ccco1)COc1ccc(F)cc1. The molecule has 0 saturated heterocycles. The molecule has 0 unspecified atom stereocenters. The normalized spacial score (nSPS) is 12.3. The Morgan fingerprint density at radius 2 is 2.05 bits per heavy atom. The van der Waals surface area contributed by atoms with E-state index >= 15 is 0 Å². The van der Waals surface area contributed by atoms with Crippen LogP contribution in [-0.2, 0) is 6.54 Å². The molecule has 0 saturated carbocycles. The Morgan fingerprint density at radius 1 is 1.26 bits per heavy atom. The average molecular weight is 263 g/mol. The first kappa shape index (κ1) is 13.6. The minimum atomic E-state index is -0.250. The van der Waals surface area contributed by atoms with Gasteiger partial charge in [0.2, 0.25) is 0 Å². The van der Waals surface area contributed by atoms with Crippen LogP contribution in [0.5, 0.6) is 5.75 Å². The van der Waals surface area contributed by atoms with E-state index in [-0.39, 0.29) is 5.82 Å². The molecule has 0 aliphatic rings. The van der Waals surface area contributed by atoms with Crippen LogP contribution in [-0.4, -0.2) is 13.2 Å². The highest BCUT2D eigenvalue weighted by atomic mass is 19.1. The van der Waals surface area contributed by atoms with Crippen molar-refractivity contribution < 1.29 is 13.5 Å². The van der Waals surface area contributed by atoms with Gasteiger partial charge in [0.1, 0.15) is 17.3 Å². The van der Waals surface area contributed by atoms with Gasteiger partial charge in [0, 0.05) is 12.5 Å². The fourth-order valence-corrected chi connectivity index (χ4v) is 1.68. The molecule has 0 radical (unpaired) electrons. The van der Waals surface area contributed by atoms with Gasteiger partial charge in [-0.1, -0.05) is 6.92 Å². The van der Waals surface area contributed by atoms with E-state index in [9.17, 15) is 4.39 Å². The van der Waals surface area contributed by atoms with Gasteiger partial charge in [-0.05, 0) is 36.4 Å². The van der Waals surface area contributed by atoms with Crippen LogP contribution in [0.3, 0.4) is 0 Å². The molecule has 0 aliphatic carbocycles. The monoisotopic (exact) mass is 263 g/mol. The highest BCUT2D eigenvalue weighted by Gasteiger charge is 2.04. The number of rotatable bonds is 7. The van der Waals surface area contributed by atoms with E-state index in [0.29, 0.717) is 24.8 Å². The van der Waals surface area contributed by atoms with E-state index in [2.05, 4.69) is 12.2 Å². The number of halogens is 1. The molecule has 19 heavy (non-hydrogen) atoms. The molecule has 0 bridgehead atoms. The molecule has 102 valence electrons. The minimum absolute atomic E-state index is 0.250. The van der Waals surface area contributed by atoms with E-state index in [4.69, 9.17) is 9.15 Å². The third-order valence-electron chi connectivity index (χ3n) is 2.72. The quantitative estimate of drug-likeness (QED) is 0.833. The lowest BCUT2D eigenvalue weighted by molar-refractivity contribution is 0.254. The summed E-state index contributed by atoms with van der Waals surface area (Å²) in [6, 6.07) is 9.88.